The van der Waals surface area contributed by atoms with Gasteiger partial charge in [0.15, 0.2) is 6.29 Å². The monoisotopic (exact) mass is 412 g/mol. The molecule has 0 spiro atoms. The lowest BCUT2D eigenvalue weighted by Crippen LogP contribution is -2.54. The van der Waals surface area contributed by atoms with Crippen molar-refractivity contribution in [3.8, 4) is 0 Å². The average molecular weight is 413 g/mol. The molecule has 0 saturated carbocycles. The van der Waals surface area contributed by atoms with Crippen LogP contribution in [0.1, 0.15) is 42.7 Å². The van der Waals surface area contributed by atoms with Crippen molar-refractivity contribution >= 4 is 11.8 Å². The normalized spacial score (nSPS) is 13.2. The fraction of sp³-hybridized carbons (Fsp3) is 0.417. The molecule has 0 unspecified atom stereocenters. The van der Waals surface area contributed by atoms with Crippen LogP contribution in [-0.2, 0) is 14.3 Å². The third kappa shape index (κ3) is 5.90. The molecule has 0 bridgehead atoms. The Labute approximate surface area is 179 Å². The Bertz CT molecular complexity index is 791. The molecule has 1 N–H and O–H groups in total. The summed E-state index contributed by atoms with van der Waals surface area (Å²) in [5.74, 6) is -0.528. The third-order valence-corrected chi connectivity index (χ3v) is 5.12. The molecule has 162 valence electrons. The number of nitrogens with one attached hydrogen (secondary N) is 1. The summed E-state index contributed by atoms with van der Waals surface area (Å²) in [6.07, 6.45) is -0.549. The molecule has 2 aromatic carbocycles. The molecule has 0 saturated heterocycles. The lowest BCUT2D eigenvalue weighted by atomic mass is 9.95. The van der Waals surface area contributed by atoms with Crippen LogP contribution >= 0.6 is 0 Å². The van der Waals surface area contributed by atoms with E-state index in [0.717, 1.165) is 5.56 Å². The van der Waals surface area contributed by atoms with Crippen LogP contribution in [0.15, 0.2) is 60.7 Å². The van der Waals surface area contributed by atoms with Gasteiger partial charge in [0.1, 0.15) is 6.04 Å². The van der Waals surface area contributed by atoms with Crippen molar-refractivity contribution in [2.75, 3.05) is 20.8 Å². The third-order valence-electron chi connectivity index (χ3n) is 5.12. The van der Waals surface area contributed by atoms with Crippen molar-refractivity contribution < 1.29 is 19.1 Å². The highest BCUT2D eigenvalue weighted by Gasteiger charge is 2.36. The molecule has 0 aliphatic heterocycles. The minimum atomic E-state index is -0.665. The molecule has 0 aliphatic rings. The van der Waals surface area contributed by atoms with Crippen LogP contribution in [0, 0.1) is 5.92 Å². The van der Waals surface area contributed by atoms with Gasteiger partial charge in [0.05, 0.1) is 12.6 Å². The van der Waals surface area contributed by atoms with Crippen LogP contribution in [0.2, 0.25) is 0 Å². The highest BCUT2D eigenvalue weighted by Crippen LogP contribution is 2.28. The summed E-state index contributed by atoms with van der Waals surface area (Å²) in [7, 11) is 3.03. The zero-order valence-corrected chi connectivity index (χ0v) is 18.4. The van der Waals surface area contributed by atoms with Crippen molar-refractivity contribution in [2.45, 2.75) is 39.1 Å². The van der Waals surface area contributed by atoms with Crippen LogP contribution in [0.25, 0.3) is 0 Å². The van der Waals surface area contributed by atoms with Gasteiger partial charge in [-0.3, -0.25) is 9.59 Å². The minimum absolute atomic E-state index is 0.104. The Balaban J connectivity index is 2.40. The number of methoxy groups -OCH3 is 2. The molecule has 30 heavy (non-hydrogen) atoms. The van der Waals surface area contributed by atoms with Crippen molar-refractivity contribution in [1.82, 2.24) is 10.2 Å². The first kappa shape index (κ1) is 23.6. The molecule has 0 heterocycles. The summed E-state index contributed by atoms with van der Waals surface area (Å²) in [5.41, 5.74) is 1.51. The molecule has 0 fully saturated rings. The fourth-order valence-electron chi connectivity index (χ4n) is 3.47. The number of rotatable bonds is 10. The number of benzene rings is 2. The predicted octanol–water partition coefficient (Wildman–Crippen LogP) is 3.65. The van der Waals surface area contributed by atoms with Gasteiger partial charge >= 0.3 is 0 Å². The molecule has 0 aromatic heterocycles. The second-order valence-corrected chi connectivity index (χ2v) is 7.50. The molecule has 6 heteroatoms. The van der Waals surface area contributed by atoms with Gasteiger partial charge in [-0.15, -0.1) is 0 Å². The van der Waals surface area contributed by atoms with E-state index in [4.69, 9.17) is 9.47 Å². The Morgan fingerprint density at radius 3 is 1.93 bits per heavy atom. The first-order valence-corrected chi connectivity index (χ1v) is 10.2. The summed E-state index contributed by atoms with van der Waals surface area (Å²) >= 11 is 0. The van der Waals surface area contributed by atoms with E-state index in [2.05, 4.69) is 5.32 Å². The van der Waals surface area contributed by atoms with Gasteiger partial charge in [0, 0.05) is 19.8 Å². The summed E-state index contributed by atoms with van der Waals surface area (Å²) in [6, 6.07) is 17.8. The van der Waals surface area contributed by atoms with Gasteiger partial charge in [-0.25, -0.2) is 0 Å². The average Bonchev–Trinajstić information content (AvgIpc) is 2.78. The zero-order chi connectivity index (χ0) is 22.1. The highest BCUT2D eigenvalue weighted by atomic mass is 16.7. The van der Waals surface area contributed by atoms with E-state index in [-0.39, 0.29) is 30.3 Å². The van der Waals surface area contributed by atoms with E-state index < -0.39 is 12.3 Å². The minimum Gasteiger partial charge on any atom is -0.354 e. The number of carbonyl (C=O) groups excluding carboxylic acids is 2. The van der Waals surface area contributed by atoms with Crippen molar-refractivity contribution in [3.05, 3.63) is 71.8 Å². The van der Waals surface area contributed by atoms with E-state index in [1.807, 2.05) is 69.3 Å². The molecular formula is C24H32N2O4. The fourth-order valence-corrected chi connectivity index (χ4v) is 3.47. The van der Waals surface area contributed by atoms with Crippen LogP contribution in [-0.4, -0.2) is 49.8 Å². The van der Waals surface area contributed by atoms with Gasteiger partial charge in [0.2, 0.25) is 5.91 Å². The zero-order valence-electron chi connectivity index (χ0n) is 18.4. The van der Waals surface area contributed by atoms with Crippen molar-refractivity contribution in [1.29, 1.82) is 0 Å². The van der Waals surface area contributed by atoms with Crippen LogP contribution in [0.4, 0.5) is 0 Å². The van der Waals surface area contributed by atoms with Crippen LogP contribution < -0.4 is 5.32 Å². The summed E-state index contributed by atoms with van der Waals surface area (Å²) in [6.45, 7) is 6.03. The molecule has 0 aliphatic carbocycles. The number of amides is 2. The molecule has 6 nitrogen and oxygen atoms in total. The molecule has 0 radical (unpaired) electrons. The first-order valence-electron chi connectivity index (χ1n) is 10.2. The van der Waals surface area contributed by atoms with E-state index in [1.165, 1.54) is 14.2 Å². The number of hydrogen-bond donors (Lipinski definition) is 1. The van der Waals surface area contributed by atoms with Gasteiger partial charge in [-0.05, 0) is 30.5 Å². The van der Waals surface area contributed by atoms with Gasteiger partial charge in [-0.2, -0.15) is 0 Å². The molecule has 2 atom stereocenters. The van der Waals surface area contributed by atoms with Gasteiger partial charge in [0.25, 0.3) is 5.91 Å². The SMILES string of the molecule is COC(CNC(=O)[C@H](C(C)C)N(C(=O)c1ccccc1)[C@@H](C)c1ccccc1)OC. The second-order valence-electron chi connectivity index (χ2n) is 7.50. The number of hydrogen-bond acceptors (Lipinski definition) is 4. The lowest BCUT2D eigenvalue weighted by Gasteiger charge is -2.38. The molecule has 2 aromatic rings. The number of nitrogens with zero attached hydrogens (tertiary/aromatic N) is 1. The standard InChI is InChI=1S/C24H32N2O4/c1-17(2)22(23(27)25-16-21(29-4)30-5)26(18(3)19-12-8-6-9-13-19)24(28)20-14-10-7-11-15-20/h6-15,17-18,21-22H,16H2,1-5H3,(H,25,27)/t18-,22-/m0/s1. The quantitative estimate of drug-likeness (QED) is 0.605. The highest BCUT2D eigenvalue weighted by molar-refractivity contribution is 5.98. The lowest BCUT2D eigenvalue weighted by molar-refractivity contribution is -0.133. The number of carbonyl (C=O) groups is 2. The van der Waals surface area contributed by atoms with Gasteiger partial charge in [-0.1, -0.05) is 62.4 Å². The van der Waals surface area contributed by atoms with Crippen molar-refractivity contribution in [3.63, 3.8) is 0 Å². The number of ether oxygens (including phenoxy) is 2. The Hall–Kier alpha value is -2.70. The van der Waals surface area contributed by atoms with Gasteiger partial charge < -0.3 is 19.7 Å². The summed E-state index contributed by atoms with van der Waals surface area (Å²) < 4.78 is 10.3. The smallest absolute Gasteiger partial charge is 0.255 e. The molecule has 2 amide bonds. The Morgan fingerprint density at radius 2 is 1.43 bits per heavy atom. The van der Waals surface area contributed by atoms with E-state index >= 15 is 0 Å². The second kappa shape index (κ2) is 11.5. The van der Waals surface area contributed by atoms with Crippen LogP contribution in [0.3, 0.4) is 0 Å². The molecular weight excluding hydrogens is 380 g/mol. The first-order chi connectivity index (χ1) is 14.4. The largest absolute Gasteiger partial charge is 0.354 e. The van der Waals surface area contributed by atoms with Crippen LogP contribution in [0.5, 0.6) is 0 Å². The predicted molar refractivity (Wildman–Crippen MR) is 117 cm³/mol. The summed E-state index contributed by atoms with van der Waals surface area (Å²) in [4.78, 5) is 28.5. The molecule has 2 rings (SSSR count). The topological polar surface area (TPSA) is 67.9 Å². The maximum Gasteiger partial charge on any atom is 0.255 e. The summed E-state index contributed by atoms with van der Waals surface area (Å²) in [5, 5.41) is 2.88. The van der Waals surface area contributed by atoms with E-state index in [9.17, 15) is 9.59 Å². The maximum absolute atomic E-state index is 13.6. The van der Waals surface area contributed by atoms with E-state index in [1.54, 1.807) is 17.0 Å². The van der Waals surface area contributed by atoms with Crippen molar-refractivity contribution in [2.24, 2.45) is 5.92 Å². The Morgan fingerprint density at radius 1 is 0.900 bits per heavy atom. The van der Waals surface area contributed by atoms with E-state index in [0.29, 0.717) is 5.56 Å². The maximum atomic E-state index is 13.6. The Kier molecular flexibility index (Phi) is 9.02.